The van der Waals surface area contributed by atoms with Crippen LogP contribution in [-0.4, -0.2) is 58.0 Å². The molecule has 47 heavy (non-hydrogen) atoms. The summed E-state index contributed by atoms with van der Waals surface area (Å²) in [4.78, 5) is 29.9. The van der Waals surface area contributed by atoms with Gasteiger partial charge in [-0.15, -0.1) is 0 Å². The molecule has 0 saturated carbocycles. The third kappa shape index (κ3) is 8.84. The van der Waals surface area contributed by atoms with Crippen molar-refractivity contribution in [3.8, 4) is 11.5 Å². The summed E-state index contributed by atoms with van der Waals surface area (Å²) in [5, 5.41) is 3.45. The van der Waals surface area contributed by atoms with Crippen LogP contribution in [0.2, 0.25) is 5.02 Å². The molecule has 0 aromatic heterocycles. The largest absolute Gasteiger partial charge is 0.493 e. The number of amides is 2. The molecule has 0 aliphatic heterocycles. The summed E-state index contributed by atoms with van der Waals surface area (Å²) in [6, 6.07) is 27.9. The number of halogens is 1. The van der Waals surface area contributed by atoms with Crippen molar-refractivity contribution >= 4 is 39.1 Å². The molecule has 4 aromatic carbocycles. The fourth-order valence-corrected chi connectivity index (χ4v) is 6.66. The summed E-state index contributed by atoms with van der Waals surface area (Å²) in [5.41, 5.74) is 1.73. The molecule has 0 radical (unpaired) electrons. The van der Waals surface area contributed by atoms with E-state index in [0.29, 0.717) is 22.8 Å². The van der Waals surface area contributed by atoms with E-state index in [1.54, 1.807) is 54.6 Å². The van der Waals surface area contributed by atoms with Crippen LogP contribution in [0.4, 0.5) is 5.69 Å². The van der Waals surface area contributed by atoms with Crippen LogP contribution in [0.3, 0.4) is 0 Å². The van der Waals surface area contributed by atoms with E-state index < -0.39 is 28.5 Å². The van der Waals surface area contributed by atoms with E-state index in [0.717, 1.165) is 9.87 Å². The zero-order valence-electron chi connectivity index (χ0n) is 26.9. The molecule has 0 spiro atoms. The van der Waals surface area contributed by atoms with Gasteiger partial charge >= 0.3 is 0 Å². The Labute approximate surface area is 282 Å². The third-order valence-electron chi connectivity index (χ3n) is 7.84. The monoisotopic (exact) mass is 677 g/mol. The van der Waals surface area contributed by atoms with Crippen LogP contribution in [0, 0.1) is 0 Å². The predicted molar refractivity (Wildman–Crippen MR) is 184 cm³/mol. The molecule has 11 heteroatoms. The molecule has 0 unspecified atom stereocenters. The van der Waals surface area contributed by atoms with E-state index in [-0.39, 0.29) is 41.2 Å². The zero-order valence-corrected chi connectivity index (χ0v) is 28.5. The van der Waals surface area contributed by atoms with Gasteiger partial charge in [0.05, 0.1) is 24.8 Å². The molecule has 0 fully saturated rings. The summed E-state index contributed by atoms with van der Waals surface area (Å²) in [6.07, 6.45) is 0.890. The Balaban J connectivity index is 1.82. The van der Waals surface area contributed by atoms with Gasteiger partial charge < -0.3 is 19.7 Å². The Morgan fingerprint density at radius 2 is 1.47 bits per heavy atom. The van der Waals surface area contributed by atoms with Gasteiger partial charge in [-0.2, -0.15) is 0 Å². The van der Waals surface area contributed by atoms with E-state index in [9.17, 15) is 18.0 Å². The summed E-state index contributed by atoms with van der Waals surface area (Å²) in [6.45, 7) is 3.24. The first kappa shape index (κ1) is 35.3. The quantitative estimate of drug-likeness (QED) is 0.163. The molecule has 2 atom stereocenters. The van der Waals surface area contributed by atoms with Gasteiger partial charge in [0.15, 0.2) is 11.5 Å². The summed E-state index contributed by atoms with van der Waals surface area (Å²) < 4.78 is 40.3. The lowest BCUT2D eigenvalue weighted by Crippen LogP contribution is -2.54. The standard InChI is InChI=1S/C36H40ClN3O6S/c1-5-26(2)38-36(42)32(22-27-14-8-6-9-15-27)39(24-28-16-12-13-19-31(28)37)35(41)25-40(29-17-10-7-11-18-29)47(43,44)30-20-21-33(45-3)34(23-30)46-4/h6-21,23,26,32H,5,22,24-25H2,1-4H3,(H,38,42)/t26-,32-/m1/s1. The average Bonchev–Trinajstić information content (AvgIpc) is 3.09. The van der Waals surface area contributed by atoms with Crippen LogP contribution in [-0.2, 0) is 32.6 Å². The average molecular weight is 678 g/mol. The predicted octanol–water partition coefficient (Wildman–Crippen LogP) is 6.11. The summed E-state index contributed by atoms with van der Waals surface area (Å²) >= 11 is 6.56. The first-order valence-corrected chi connectivity index (χ1v) is 17.1. The number of anilines is 1. The second-order valence-corrected chi connectivity index (χ2v) is 13.3. The molecule has 248 valence electrons. The van der Waals surface area contributed by atoms with E-state index >= 15 is 0 Å². The molecule has 1 N–H and O–H groups in total. The van der Waals surface area contributed by atoms with Gasteiger partial charge in [-0.3, -0.25) is 13.9 Å². The first-order valence-electron chi connectivity index (χ1n) is 15.3. The number of rotatable bonds is 15. The maximum Gasteiger partial charge on any atom is 0.264 e. The van der Waals surface area contributed by atoms with Crippen molar-refractivity contribution < 1.29 is 27.5 Å². The Kier molecular flexibility index (Phi) is 12.3. The molecule has 0 aliphatic carbocycles. The van der Waals surface area contributed by atoms with Crippen LogP contribution in [0.1, 0.15) is 31.4 Å². The first-order chi connectivity index (χ1) is 22.6. The van der Waals surface area contributed by atoms with Crippen molar-refractivity contribution in [3.63, 3.8) is 0 Å². The summed E-state index contributed by atoms with van der Waals surface area (Å²) in [5.74, 6) is -0.357. The van der Waals surface area contributed by atoms with Crippen molar-refractivity contribution in [1.82, 2.24) is 10.2 Å². The van der Waals surface area contributed by atoms with Gasteiger partial charge in [-0.25, -0.2) is 8.42 Å². The van der Waals surface area contributed by atoms with Gasteiger partial charge in [0.1, 0.15) is 12.6 Å². The normalized spacial score (nSPS) is 12.4. The Bertz CT molecular complexity index is 1760. The molecule has 0 saturated heterocycles. The van der Waals surface area contributed by atoms with Crippen molar-refractivity contribution in [3.05, 3.63) is 119 Å². The molecule has 4 rings (SSSR count). The molecule has 2 amide bonds. The highest BCUT2D eigenvalue weighted by Crippen LogP contribution is 2.32. The second-order valence-electron chi connectivity index (χ2n) is 11.0. The van der Waals surface area contributed by atoms with Gasteiger partial charge in [-0.1, -0.05) is 85.3 Å². The van der Waals surface area contributed by atoms with E-state index in [4.69, 9.17) is 21.1 Å². The van der Waals surface area contributed by atoms with Crippen molar-refractivity contribution in [2.75, 3.05) is 25.1 Å². The number of sulfonamides is 1. The van der Waals surface area contributed by atoms with Crippen LogP contribution < -0.4 is 19.1 Å². The molecular weight excluding hydrogens is 638 g/mol. The van der Waals surface area contributed by atoms with E-state index in [1.165, 1.54) is 37.3 Å². The Hall–Kier alpha value is -4.54. The van der Waals surface area contributed by atoms with Gasteiger partial charge in [-0.05, 0) is 54.8 Å². The minimum Gasteiger partial charge on any atom is -0.493 e. The van der Waals surface area contributed by atoms with Crippen LogP contribution in [0.5, 0.6) is 11.5 Å². The van der Waals surface area contributed by atoms with E-state index in [2.05, 4.69) is 5.32 Å². The zero-order chi connectivity index (χ0) is 34.0. The lowest BCUT2D eigenvalue weighted by molar-refractivity contribution is -0.140. The molecule has 4 aromatic rings. The van der Waals surface area contributed by atoms with Crippen molar-refractivity contribution in [2.24, 2.45) is 0 Å². The minimum absolute atomic E-state index is 0.0248. The van der Waals surface area contributed by atoms with Gasteiger partial charge in [0.2, 0.25) is 11.8 Å². The Morgan fingerprint density at radius 3 is 2.09 bits per heavy atom. The van der Waals surface area contributed by atoms with Crippen molar-refractivity contribution in [1.29, 1.82) is 0 Å². The van der Waals surface area contributed by atoms with Crippen LogP contribution in [0.15, 0.2) is 108 Å². The molecule has 9 nitrogen and oxygen atoms in total. The number of para-hydroxylation sites is 1. The molecule has 0 aliphatic rings. The van der Waals surface area contributed by atoms with Gasteiger partial charge in [0.25, 0.3) is 10.0 Å². The molecule has 0 bridgehead atoms. The number of carbonyl (C=O) groups is 2. The third-order valence-corrected chi connectivity index (χ3v) is 9.98. The molecule has 0 heterocycles. The maximum atomic E-state index is 14.6. The highest BCUT2D eigenvalue weighted by Gasteiger charge is 2.35. The number of benzene rings is 4. The highest BCUT2D eigenvalue weighted by atomic mass is 35.5. The fourth-order valence-electron chi connectivity index (χ4n) is 5.03. The number of nitrogens with zero attached hydrogens (tertiary/aromatic N) is 2. The number of hydrogen-bond donors (Lipinski definition) is 1. The van der Waals surface area contributed by atoms with Crippen molar-refractivity contribution in [2.45, 2.75) is 50.2 Å². The minimum atomic E-state index is -4.33. The topological polar surface area (TPSA) is 105 Å². The number of methoxy groups -OCH3 is 2. The smallest absolute Gasteiger partial charge is 0.264 e. The lowest BCUT2D eigenvalue weighted by Gasteiger charge is -2.34. The molecular formula is C36H40ClN3O6S. The fraction of sp³-hybridized carbons (Fsp3) is 0.278. The highest BCUT2D eigenvalue weighted by molar-refractivity contribution is 7.92. The van der Waals surface area contributed by atoms with E-state index in [1.807, 2.05) is 44.2 Å². The number of carbonyl (C=O) groups excluding carboxylic acids is 2. The SMILES string of the molecule is CC[C@@H](C)NC(=O)[C@@H](Cc1ccccc1)N(Cc1ccccc1Cl)C(=O)CN(c1ccccc1)S(=O)(=O)c1ccc(OC)c(OC)c1. The van der Waals surface area contributed by atoms with Crippen LogP contribution >= 0.6 is 11.6 Å². The lowest BCUT2D eigenvalue weighted by atomic mass is 10.0. The van der Waals surface area contributed by atoms with Gasteiger partial charge in [0, 0.05) is 30.1 Å². The number of hydrogen-bond acceptors (Lipinski definition) is 6. The second kappa shape index (κ2) is 16.3. The number of ether oxygens (including phenoxy) is 2. The van der Waals surface area contributed by atoms with Crippen LogP contribution in [0.25, 0.3) is 0 Å². The Morgan fingerprint density at radius 1 is 0.851 bits per heavy atom. The summed E-state index contributed by atoms with van der Waals surface area (Å²) in [7, 11) is -1.46. The maximum absolute atomic E-state index is 14.6. The number of nitrogens with one attached hydrogen (secondary N) is 1.